The van der Waals surface area contributed by atoms with Gasteiger partial charge < -0.3 is 22.1 Å². The molecule has 0 aliphatic rings. The Morgan fingerprint density at radius 2 is 1.25 bits per heavy atom. The summed E-state index contributed by atoms with van der Waals surface area (Å²) < 4.78 is 29.2. The lowest BCUT2D eigenvalue weighted by Gasteiger charge is -2.33. The van der Waals surface area contributed by atoms with Crippen molar-refractivity contribution in [3.8, 4) is 0 Å². The summed E-state index contributed by atoms with van der Waals surface area (Å²) >= 11 is 0. The van der Waals surface area contributed by atoms with Crippen LogP contribution in [0.3, 0.4) is 0 Å². The summed E-state index contributed by atoms with van der Waals surface area (Å²) in [5.74, 6) is -0.691. The molecule has 0 radical (unpaired) electrons. The van der Waals surface area contributed by atoms with Crippen LogP contribution in [0.1, 0.15) is 40.5 Å². The summed E-state index contributed by atoms with van der Waals surface area (Å²) in [4.78, 5) is 27.6. The number of carbonyl (C=O) groups is 2. The summed E-state index contributed by atoms with van der Waals surface area (Å²) in [7, 11) is -6.91. The van der Waals surface area contributed by atoms with E-state index in [4.69, 9.17) is 22.1 Å². The van der Waals surface area contributed by atoms with E-state index in [1.54, 1.807) is 0 Å². The fourth-order valence-corrected chi connectivity index (χ4v) is 7.41. The van der Waals surface area contributed by atoms with Crippen LogP contribution < -0.4 is 0 Å². The van der Waals surface area contributed by atoms with E-state index in [9.17, 15) is 9.59 Å². The predicted molar refractivity (Wildman–Crippen MR) is 135 cm³/mol. The second kappa shape index (κ2) is 14.6. The van der Waals surface area contributed by atoms with Crippen molar-refractivity contribution in [1.29, 1.82) is 0 Å². The fourth-order valence-electron chi connectivity index (χ4n) is 3.31. The van der Waals surface area contributed by atoms with Crippen molar-refractivity contribution in [3.63, 3.8) is 0 Å². The Morgan fingerprint density at radius 1 is 0.781 bits per heavy atom. The molecule has 0 fully saturated rings. The molecule has 32 heavy (non-hydrogen) atoms. The first-order chi connectivity index (χ1) is 14.7. The molecule has 0 aromatic rings. The first-order valence-corrected chi connectivity index (χ1v) is 20.6. The lowest BCUT2D eigenvalue weighted by atomic mass is 10.1. The van der Waals surface area contributed by atoms with Crippen molar-refractivity contribution in [2.45, 2.75) is 91.9 Å². The van der Waals surface area contributed by atoms with Gasteiger partial charge in [-0.15, -0.1) is 0 Å². The Labute approximate surface area is 198 Å². The molecular weight excluding hydrogens is 462 g/mol. The van der Waals surface area contributed by atoms with E-state index in [1.165, 1.54) is 0 Å². The molecule has 8 nitrogen and oxygen atoms in total. The molecule has 0 heterocycles. The largest absolute Gasteiger partial charge is 0.520 e. The summed E-state index contributed by atoms with van der Waals surface area (Å²) in [5.41, 5.74) is 0. The molecule has 0 rings (SSSR count). The van der Waals surface area contributed by atoms with Crippen molar-refractivity contribution < 1.29 is 31.7 Å². The van der Waals surface area contributed by atoms with Crippen LogP contribution in [0.25, 0.3) is 0 Å². The van der Waals surface area contributed by atoms with Gasteiger partial charge in [0, 0.05) is 25.9 Å². The Balaban J connectivity index is 5.45. The molecule has 0 aliphatic carbocycles. The maximum atomic E-state index is 13.0. The minimum atomic E-state index is -2.76. The van der Waals surface area contributed by atoms with E-state index in [1.807, 2.05) is 71.9 Å². The highest BCUT2D eigenvalue weighted by Gasteiger charge is 2.40. The van der Waals surface area contributed by atoms with Crippen LogP contribution in [-0.4, -0.2) is 81.2 Å². The van der Waals surface area contributed by atoms with Gasteiger partial charge in [0.1, 0.15) is 6.04 Å². The van der Waals surface area contributed by atoms with E-state index in [0.717, 1.165) is 6.42 Å². The van der Waals surface area contributed by atoms with Gasteiger partial charge in [-0.25, -0.2) is 0 Å². The Morgan fingerprint density at radius 3 is 1.62 bits per heavy atom. The van der Waals surface area contributed by atoms with E-state index in [2.05, 4.69) is 0 Å². The number of carbonyl (C=O) groups excluding carboxylic acids is 2. The Hall–Kier alpha value is -0.569. The van der Waals surface area contributed by atoms with E-state index >= 15 is 0 Å². The van der Waals surface area contributed by atoms with Crippen molar-refractivity contribution in [1.82, 2.24) is 4.90 Å². The zero-order chi connectivity index (χ0) is 25.0. The number of rotatable bonds is 17. The lowest BCUT2D eigenvalue weighted by Crippen LogP contribution is -2.49. The Bertz CT molecular complexity index is 548. The van der Waals surface area contributed by atoms with E-state index in [0.29, 0.717) is 39.0 Å². The second-order valence-corrected chi connectivity index (χ2v) is 21.1. The molecule has 0 amide bonds. The highest BCUT2D eigenvalue weighted by atomic mass is 28.4. The van der Waals surface area contributed by atoms with Crippen LogP contribution in [-0.2, 0) is 31.7 Å². The third kappa shape index (κ3) is 13.2. The molecule has 190 valence electrons. The van der Waals surface area contributed by atoms with E-state index < -0.39 is 31.5 Å². The van der Waals surface area contributed by atoms with Crippen LogP contribution in [0.2, 0.25) is 45.3 Å². The maximum Gasteiger partial charge on any atom is 0.500 e. The molecule has 0 aromatic carbocycles. The topological polar surface area (TPSA) is 83.5 Å². The molecule has 0 aliphatic heterocycles. The smallest absolute Gasteiger partial charge is 0.500 e. The molecule has 0 N–H and O–H groups in total. The summed E-state index contributed by atoms with van der Waals surface area (Å²) in [6.07, 6.45) is 0.715. The van der Waals surface area contributed by atoms with Gasteiger partial charge in [0.2, 0.25) is 16.6 Å². The Kier molecular flexibility index (Phi) is 14.4. The number of nitrogens with zero attached hydrogens (tertiary/aromatic N) is 1. The molecule has 11 heteroatoms. The van der Waals surface area contributed by atoms with Gasteiger partial charge in [0.15, 0.2) is 0 Å². The second-order valence-electron chi connectivity index (χ2n) is 9.55. The third-order valence-electron chi connectivity index (χ3n) is 4.33. The predicted octanol–water partition coefficient (Wildman–Crippen LogP) is 4.26. The minimum absolute atomic E-state index is 0.00756. The summed E-state index contributed by atoms with van der Waals surface area (Å²) in [5, 5.41) is 0. The quantitative estimate of drug-likeness (QED) is 0.269. The average Bonchev–Trinajstić information content (AvgIpc) is 2.61. The summed E-state index contributed by atoms with van der Waals surface area (Å²) in [6, 6.07) is -0.0216. The van der Waals surface area contributed by atoms with E-state index in [-0.39, 0.29) is 18.4 Å². The van der Waals surface area contributed by atoms with Crippen LogP contribution in [0.4, 0.5) is 0 Å². The molecular formula is C21H47NO7Si3. The molecule has 0 saturated heterocycles. The van der Waals surface area contributed by atoms with Gasteiger partial charge >= 0.3 is 14.8 Å². The number of hydrogen-bond acceptors (Lipinski definition) is 8. The van der Waals surface area contributed by atoms with Gasteiger partial charge in [0.05, 0.1) is 6.42 Å². The van der Waals surface area contributed by atoms with Gasteiger partial charge in [0.25, 0.3) is 5.97 Å². The third-order valence-corrected chi connectivity index (χ3v) is 9.13. The highest BCUT2D eigenvalue weighted by Crippen LogP contribution is 2.20. The molecule has 0 spiro atoms. The van der Waals surface area contributed by atoms with Crippen LogP contribution in [0.15, 0.2) is 0 Å². The van der Waals surface area contributed by atoms with Crippen molar-refractivity contribution in [2.75, 3.05) is 32.9 Å². The van der Waals surface area contributed by atoms with Gasteiger partial charge in [-0.2, -0.15) is 0 Å². The normalized spacial score (nSPS) is 13.8. The van der Waals surface area contributed by atoms with Crippen LogP contribution >= 0.6 is 0 Å². The zero-order valence-electron chi connectivity index (χ0n) is 22.0. The first-order valence-electron chi connectivity index (χ1n) is 11.8. The van der Waals surface area contributed by atoms with Crippen molar-refractivity contribution >= 4 is 37.4 Å². The molecule has 1 unspecified atom stereocenters. The molecule has 0 aromatic heterocycles. The average molecular weight is 510 g/mol. The van der Waals surface area contributed by atoms with Crippen molar-refractivity contribution in [2.24, 2.45) is 0 Å². The zero-order valence-corrected chi connectivity index (χ0v) is 25.0. The van der Waals surface area contributed by atoms with Gasteiger partial charge in [-0.05, 0) is 79.6 Å². The SMILES string of the molecule is CCO[Si](CCCN(CC)C(CC(=O)O[Si](C)(C)C)C(=O)O[Si](C)(C)C)(OCC)OCC. The molecule has 0 saturated carbocycles. The van der Waals surface area contributed by atoms with Crippen LogP contribution in [0, 0.1) is 0 Å². The fraction of sp³-hybridized carbons (Fsp3) is 0.905. The molecule has 0 bridgehead atoms. The van der Waals surface area contributed by atoms with Crippen LogP contribution in [0.5, 0.6) is 0 Å². The lowest BCUT2D eigenvalue weighted by molar-refractivity contribution is -0.147. The maximum absolute atomic E-state index is 13.0. The van der Waals surface area contributed by atoms with Gasteiger partial charge in [-0.3, -0.25) is 14.5 Å². The molecule has 1 atom stereocenters. The van der Waals surface area contributed by atoms with Crippen molar-refractivity contribution in [3.05, 3.63) is 0 Å². The number of likely N-dealkylation sites (N-methyl/N-ethyl adjacent to an activating group) is 1. The minimum Gasteiger partial charge on any atom is -0.520 e. The first kappa shape index (κ1) is 31.4. The number of hydrogen-bond donors (Lipinski definition) is 0. The highest BCUT2D eigenvalue weighted by molar-refractivity contribution is 6.71. The summed E-state index contributed by atoms with van der Waals surface area (Å²) in [6.45, 7) is 22.3. The monoisotopic (exact) mass is 509 g/mol. The standard InChI is InChI=1S/C21H47NO7Si3/c1-11-22(16-15-17-32(25-12-2,26-13-3)27-14-4)19(21(24)29-31(8,9)10)18-20(23)28-30(5,6)7/h19H,11-18H2,1-10H3. The van der Waals surface area contributed by atoms with Gasteiger partial charge in [-0.1, -0.05) is 6.92 Å².